The molecule has 2 rings (SSSR count). The molecule has 2 aromatic rings. The van der Waals surface area contributed by atoms with Crippen LogP contribution in [0.4, 0.5) is 0 Å². The van der Waals surface area contributed by atoms with Crippen LogP contribution in [0.2, 0.25) is 0 Å². The fourth-order valence-corrected chi connectivity index (χ4v) is 6.08. The first-order chi connectivity index (χ1) is 26.7. The second kappa shape index (κ2) is 25.3. The van der Waals surface area contributed by atoms with E-state index in [0.717, 1.165) is 11.1 Å². The van der Waals surface area contributed by atoms with Crippen LogP contribution in [0.15, 0.2) is 60.7 Å². The monoisotopic (exact) mass is 780 g/mol. The molecule has 2 aromatic carbocycles. The van der Waals surface area contributed by atoms with Crippen LogP contribution in [0, 0.1) is 11.8 Å². The summed E-state index contributed by atoms with van der Waals surface area (Å²) in [5, 5.41) is 23.4. The Kier molecular flexibility index (Phi) is 21.4. The minimum atomic E-state index is -1.19. The molecule has 0 aliphatic rings. The van der Waals surface area contributed by atoms with E-state index in [-0.39, 0.29) is 31.6 Å². The van der Waals surface area contributed by atoms with E-state index in [1.807, 2.05) is 50.2 Å². The van der Waals surface area contributed by atoms with E-state index in [4.69, 9.17) is 17.2 Å². The zero-order valence-electron chi connectivity index (χ0n) is 33.3. The standard InChI is InChI=1S/C41H64N8O7/c1-26(2)23-32(37(51)45-31(41(55)56)20-12-14-22-43)48-40(54)35(27(3)4)49-39(53)34(25-29-17-9-6-10-18-29)47-38(52)33(24-28-15-7-5-8-16-28)46-36(50)30(44)19-11-13-21-42/h5-10,15-18,26-27,30-35H,11-14,19-25,42-44H2,1-4H3,(H,45,51)(H,46,50)(H,47,52)(H,48,54)(H,49,53)(H,55,56)/t30-,31-,32-,33-,34-,35-/m0/s1. The van der Waals surface area contributed by atoms with Crippen molar-refractivity contribution in [2.75, 3.05) is 13.1 Å². The number of rotatable bonds is 26. The van der Waals surface area contributed by atoms with Crippen LogP contribution >= 0.6 is 0 Å². The van der Waals surface area contributed by atoms with Crippen LogP contribution in [0.25, 0.3) is 0 Å². The van der Waals surface area contributed by atoms with E-state index in [0.29, 0.717) is 45.2 Å². The first kappa shape index (κ1) is 47.3. The highest BCUT2D eigenvalue weighted by Gasteiger charge is 2.34. The third kappa shape index (κ3) is 17.3. The lowest BCUT2D eigenvalue weighted by molar-refractivity contribution is -0.142. The van der Waals surface area contributed by atoms with Gasteiger partial charge in [0.1, 0.15) is 30.2 Å². The summed E-state index contributed by atoms with van der Waals surface area (Å²) in [5.74, 6) is -4.78. The Balaban J connectivity index is 2.35. The van der Waals surface area contributed by atoms with Crippen LogP contribution in [0.1, 0.15) is 83.8 Å². The van der Waals surface area contributed by atoms with E-state index >= 15 is 0 Å². The molecule has 0 aliphatic carbocycles. The average molecular weight is 781 g/mol. The molecule has 0 unspecified atom stereocenters. The van der Waals surface area contributed by atoms with Gasteiger partial charge < -0.3 is 48.9 Å². The highest BCUT2D eigenvalue weighted by atomic mass is 16.4. The van der Waals surface area contributed by atoms with Gasteiger partial charge in [-0.1, -0.05) is 94.8 Å². The predicted octanol–water partition coefficient (Wildman–Crippen LogP) is 1.27. The average Bonchev–Trinajstić information content (AvgIpc) is 3.15. The van der Waals surface area contributed by atoms with Crippen molar-refractivity contribution in [1.82, 2.24) is 26.6 Å². The lowest BCUT2D eigenvalue weighted by Crippen LogP contribution is -2.61. The molecule has 5 amide bonds. The van der Waals surface area contributed by atoms with Gasteiger partial charge in [-0.15, -0.1) is 0 Å². The molecule has 6 atom stereocenters. The lowest BCUT2D eigenvalue weighted by Gasteiger charge is -2.29. The molecule has 0 bridgehead atoms. The maximum absolute atomic E-state index is 14.1. The Labute approximate surface area is 331 Å². The zero-order valence-corrected chi connectivity index (χ0v) is 33.3. The Hall–Kier alpha value is -4.86. The number of carboxylic acids is 1. The van der Waals surface area contributed by atoms with Crippen molar-refractivity contribution >= 4 is 35.5 Å². The molecule has 0 saturated heterocycles. The second-order valence-corrected chi connectivity index (χ2v) is 15.0. The molecule has 310 valence electrons. The molecular weight excluding hydrogens is 716 g/mol. The number of amides is 5. The van der Waals surface area contributed by atoms with E-state index in [1.54, 1.807) is 38.1 Å². The van der Waals surface area contributed by atoms with Crippen LogP contribution in [0.5, 0.6) is 0 Å². The Morgan fingerprint density at radius 3 is 1.45 bits per heavy atom. The number of carbonyl (C=O) groups excluding carboxylic acids is 5. The number of hydrogen-bond acceptors (Lipinski definition) is 9. The van der Waals surface area contributed by atoms with Crippen LogP contribution < -0.4 is 43.8 Å². The van der Waals surface area contributed by atoms with E-state index in [2.05, 4.69) is 26.6 Å². The first-order valence-electron chi connectivity index (χ1n) is 19.6. The van der Waals surface area contributed by atoms with E-state index < -0.39 is 77.7 Å². The normalized spacial score (nSPS) is 14.4. The molecule has 0 heterocycles. The summed E-state index contributed by atoms with van der Waals surface area (Å²) >= 11 is 0. The zero-order chi connectivity index (χ0) is 41.6. The summed E-state index contributed by atoms with van der Waals surface area (Å²) in [6.45, 7) is 8.04. The van der Waals surface area contributed by atoms with Gasteiger partial charge in [0.2, 0.25) is 29.5 Å². The second-order valence-electron chi connectivity index (χ2n) is 15.0. The van der Waals surface area contributed by atoms with Gasteiger partial charge >= 0.3 is 5.97 Å². The molecule has 0 saturated carbocycles. The van der Waals surface area contributed by atoms with Gasteiger partial charge in [-0.2, -0.15) is 0 Å². The van der Waals surface area contributed by atoms with E-state index in [9.17, 15) is 33.9 Å². The van der Waals surface area contributed by atoms with Gasteiger partial charge in [0, 0.05) is 12.8 Å². The summed E-state index contributed by atoms with van der Waals surface area (Å²) in [6.07, 6.45) is 3.40. The smallest absolute Gasteiger partial charge is 0.326 e. The van der Waals surface area contributed by atoms with Gasteiger partial charge in [0.05, 0.1) is 6.04 Å². The van der Waals surface area contributed by atoms with Crippen LogP contribution in [-0.4, -0.2) is 90.0 Å². The number of unbranched alkanes of at least 4 members (excludes halogenated alkanes) is 2. The van der Waals surface area contributed by atoms with Crippen molar-refractivity contribution in [2.45, 2.75) is 122 Å². The molecule has 0 fully saturated rings. The molecular formula is C41H64N8O7. The fraction of sp³-hybridized carbons (Fsp3) is 0.561. The molecule has 0 aliphatic heterocycles. The summed E-state index contributed by atoms with van der Waals surface area (Å²) in [4.78, 5) is 80.5. The third-order valence-electron chi connectivity index (χ3n) is 9.29. The van der Waals surface area contributed by atoms with Gasteiger partial charge in [-0.05, 0) is 74.6 Å². The van der Waals surface area contributed by atoms with Crippen LogP contribution in [0.3, 0.4) is 0 Å². The minimum Gasteiger partial charge on any atom is -0.480 e. The lowest BCUT2D eigenvalue weighted by atomic mass is 9.98. The van der Waals surface area contributed by atoms with Crippen molar-refractivity contribution in [3.63, 3.8) is 0 Å². The first-order valence-corrected chi connectivity index (χ1v) is 19.6. The highest BCUT2D eigenvalue weighted by Crippen LogP contribution is 2.12. The largest absolute Gasteiger partial charge is 0.480 e. The number of carboxylic acid groups (broad SMARTS) is 1. The summed E-state index contributed by atoms with van der Waals surface area (Å²) in [7, 11) is 0. The van der Waals surface area contributed by atoms with E-state index in [1.165, 1.54) is 0 Å². The molecule has 12 N–H and O–H groups in total. The fourth-order valence-electron chi connectivity index (χ4n) is 6.08. The molecule has 15 heteroatoms. The van der Waals surface area contributed by atoms with Crippen molar-refractivity contribution in [3.8, 4) is 0 Å². The number of nitrogens with one attached hydrogen (secondary N) is 5. The van der Waals surface area contributed by atoms with Crippen molar-refractivity contribution < 1.29 is 33.9 Å². The SMILES string of the molecule is CC(C)C[C@H](NC(=O)[C@@H](NC(=O)[C@H](Cc1ccccc1)NC(=O)[C@H](Cc1ccccc1)NC(=O)[C@@H](N)CCCCN)C(C)C)C(=O)N[C@@H](CCCCN)C(=O)O. The molecule has 0 aromatic heterocycles. The third-order valence-corrected chi connectivity index (χ3v) is 9.29. The summed E-state index contributed by atoms with van der Waals surface area (Å²) in [5.41, 5.74) is 18.8. The number of benzene rings is 2. The van der Waals surface area contributed by atoms with Gasteiger partial charge in [0.15, 0.2) is 0 Å². The Bertz CT molecular complexity index is 1530. The molecule has 0 radical (unpaired) electrons. The molecule has 0 spiro atoms. The summed E-state index contributed by atoms with van der Waals surface area (Å²) in [6, 6.07) is 11.6. The maximum Gasteiger partial charge on any atom is 0.326 e. The Morgan fingerprint density at radius 1 is 0.554 bits per heavy atom. The minimum absolute atomic E-state index is 0.0473. The van der Waals surface area contributed by atoms with Crippen molar-refractivity contribution in [3.05, 3.63) is 71.8 Å². The molecule has 15 nitrogen and oxygen atoms in total. The Morgan fingerprint density at radius 2 is 0.982 bits per heavy atom. The number of hydrogen-bond donors (Lipinski definition) is 9. The van der Waals surface area contributed by atoms with Gasteiger partial charge in [-0.25, -0.2) is 4.79 Å². The predicted molar refractivity (Wildman–Crippen MR) is 216 cm³/mol. The van der Waals surface area contributed by atoms with Crippen molar-refractivity contribution in [2.24, 2.45) is 29.0 Å². The topological polar surface area (TPSA) is 261 Å². The number of aliphatic carboxylic acids is 1. The quantitative estimate of drug-likeness (QED) is 0.0618. The van der Waals surface area contributed by atoms with Gasteiger partial charge in [0.25, 0.3) is 0 Å². The highest BCUT2D eigenvalue weighted by molar-refractivity contribution is 5.96. The van der Waals surface area contributed by atoms with Crippen molar-refractivity contribution in [1.29, 1.82) is 0 Å². The number of carbonyl (C=O) groups is 6. The summed E-state index contributed by atoms with van der Waals surface area (Å²) < 4.78 is 0. The van der Waals surface area contributed by atoms with Gasteiger partial charge in [-0.3, -0.25) is 24.0 Å². The molecule has 56 heavy (non-hydrogen) atoms. The maximum atomic E-state index is 14.1. The number of nitrogens with two attached hydrogens (primary N) is 3. The van der Waals surface area contributed by atoms with Crippen LogP contribution in [-0.2, 0) is 41.6 Å².